The zero-order chi connectivity index (χ0) is 15.1. The molecule has 0 unspecified atom stereocenters. The summed E-state index contributed by atoms with van der Waals surface area (Å²) in [6.07, 6.45) is 2.27. The lowest BCUT2D eigenvalue weighted by Gasteiger charge is -2.19. The van der Waals surface area contributed by atoms with Crippen LogP contribution in [0.15, 0.2) is 34.9 Å². The molecule has 22 heavy (non-hydrogen) atoms. The Morgan fingerprint density at radius 2 is 2.00 bits per heavy atom. The zero-order valence-corrected chi connectivity index (χ0v) is 12.8. The number of benzene rings is 1. The minimum absolute atomic E-state index is 0.0629. The molecule has 0 N–H and O–H groups in total. The van der Waals surface area contributed by atoms with Gasteiger partial charge in [-0.2, -0.15) is 0 Å². The average Bonchev–Trinajstić information content (AvgIpc) is 3.07. The highest BCUT2D eigenvalue weighted by Gasteiger charge is 2.31. The van der Waals surface area contributed by atoms with Crippen molar-refractivity contribution in [3.05, 3.63) is 46.8 Å². The summed E-state index contributed by atoms with van der Waals surface area (Å²) in [5.41, 5.74) is 1.48. The van der Waals surface area contributed by atoms with Gasteiger partial charge in [-0.15, -0.1) is 0 Å². The van der Waals surface area contributed by atoms with E-state index < -0.39 is 0 Å². The molecule has 2 heterocycles. The molecule has 4 rings (SSSR count). The Balaban J connectivity index is 1.44. The molecule has 0 radical (unpaired) electrons. The normalized spacial score (nSPS) is 18.0. The summed E-state index contributed by atoms with van der Waals surface area (Å²) in [5, 5.41) is 4.64. The van der Waals surface area contributed by atoms with Gasteiger partial charge in [0.05, 0.1) is 6.67 Å². The quantitative estimate of drug-likeness (QED) is 0.872. The van der Waals surface area contributed by atoms with Crippen molar-refractivity contribution >= 4 is 23.2 Å². The number of nitrogens with zero attached hydrogens (tertiary/aromatic N) is 3. The first-order chi connectivity index (χ1) is 10.7. The second kappa shape index (κ2) is 5.32. The number of anilines is 1. The molecule has 1 amide bonds. The number of aromatic nitrogens is 1. The highest BCUT2D eigenvalue weighted by atomic mass is 35.5. The van der Waals surface area contributed by atoms with E-state index in [0.717, 1.165) is 30.8 Å². The number of halogens is 1. The Morgan fingerprint density at radius 3 is 2.73 bits per heavy atom. The Hall–Kier alpha value is -2.01. The van der Waals surface area contributed by atoms with Crippen LogP contribution in [0.3, 0.4) is 0 Å². The first kappa shape index (κ1) is 13.6. The van der Waals surface area contributed by atoms with Gasteiger partial charge in [0.2, 0.25) is 0 Å². The van der Waals surface area contributed by atoms with Gasteiger partial charge in [-0.25, -0.2) is 0 Å². The van der Waals surface area contributed by atoms with Crippen molar-refractivity contribution in [2.75, 3.05) is 24.7 Å². The summed E-state index contributed by atoms with van der Waals surface area (Å²) >= 11 is 5.91. The van der Waals surface area contributed by atoms with Crippen LogP contribution in [0.1, 0.15) is 35.0 Å². The monoisotopic (exact) mass is 317 g/mol. The summed E-state index contributed by atoms with van der Waals surface area (Å²) in [6.45, 7) is 2.06. The topological polar surface area (TPSA) is 49.6 Å². The van der Waals surface area contributed by atoms with Gasteiger partial charge < -0.3 is 14.3 Å². The number of hydrogen-bond donors (Lipinski definition) is 0. The summed E-state index contributed by atoms with van der Waals surface area (Å²) in [5.74, 6) is 1.25. The van der Waals surface area contributed by atoms with E-state index in [2.05, 4.69) is 10.1 Å². The van der Waals surface area contributed by atoms with E-state index in [1.807, 2.05) is 24.3 Å². The number of hydrogen-bond acceptors (Lipinski definition) is 4. The molecule has 1 saturated heterocycles. The summed E-state index contributed by atoms with van der Waals surface area (Å²) in [4.78, 5) is 16.4. The van der Waals surface area contributed by atoms with Crippen LogP contribution in [-0.4, -0.2) is 35.7 Å². The average molecular weight is 318 g/mol. The minimum Gasteiger partial charge on any atom is -0.360 e. The lowest BCUT2D eigenvalue weighted by Crippen LogP contribution is -2.31. The lowest BCUT2D eigenvalue weighted by atomic mass is 10.2. The molecule has 5 nitrogen and oxygen atoms in total. The summed E-state index contributed by atoms with van der Waals surface area (Å²) in [6, 6.07) is 9.46. The minimum atomic E-state index is -0.0629. The van der Waals surface area contributed by atoms with Crippen LogP contribution in [0.4, 0.5) is 5.69 Å². The molecule has 0 bridgehead atoms. The third-order valence-corrected chi connectivity index (χ3v) is 4.44. The fraction of sp³-hybridized carbons (Fsp3) is 0.375. The molecule has 114 valence electrons. The molecule has 1 aliphatic carbocycles. The third-order valence-electron chi connectivity index (χ3n) is 4.19. The molecule has 2 aromatic rings. The predicted molar refractivity (Wildman–Crippen MR) is 83.2 cm³/mol. The van der Waals surface area contributed by atoms with Gasteiger partial charge in [0.25, 0.3) is 5.91 Å². The molecule has 6 heteroatoms. The first-order valence-electron chi connectivity index (χ1n) is 7.47. The largest absolute Gasteiger partial charge is 0.360 e. The molecule has 0 spiro atoms. The van der Waals surface area contributed by atoms with Gasteiger partial charge in [-0.1, -0.05) is 16.8 Å². The SMILES string of the molecule is O=C(c1cc(C2CC2)on1)N1CCN(c2ccc(Cl)cc2)C1. The number of rotatable bonds is 3. The zero-order valence-electron chi connectivity index (χ0n) is 12.0. The molecule has 1 aliphatic heterocycles. The third kappa shape index (κ3) is 2.57. The lowest BCUT2D eigenvalue weighted by molar-refractivity contribution is 0.0784. The second-order valence-electron chi connectivity index (χ2n) is 5.84. The molecular weight excluding hydrogens is 302 g/mol. The van der Waals surface area contributed by atoms with Crippen LogP contribution in [-0.2, 0) is 0 Å². The van der Waals surface area contributed by atoms with E-state index in [0.29, 0.717) is 29.8 Å². The van der Waals surface area contributed by atoms with Crippen molar-refractivity contribution in [1.82, 2.24) is 10.1 Å². The highest BCUT2D eigenvalue weighted by molar-refractivity contribution is 6.30. The van der Waals surface area contributed by atoms with Gasteiger partial charge in [-0.05, 0) is 37.1 Å². The molecule has 0 atom stereocenters. The van der Waals surface area contributed by atoms with Crippen LogP contribution in [0.25, 0.3) is 0 Å². The van der Waals surface area contributed by atoms with Gasteiger partial charge in [-0.3, -0.25) is 4.79 Å². The van der Waals surface area contributed by atoms with E-state index >= 15 is 0 Å². The summed E-state index contributed by atoms with van der Waals surface area (Å²) < 4.78 is 5.27. The van der Waals surface area contributed by atoms with Crippen LogP contribution in [0.2, 0.25) is 5.02 Å². The standard InChI is InChI=1S/C16H16ClN3O2/c17-12-3-5-13(6-4-12)19-7-8-20(10-19)16(21)14-9-15(22-18-14)11-1-2-11/h3-6,9,11H,1-2,7-8,10H2. The van der Waals surface area contributed by atoms with Crippen molar-refractivity contribution in [3.63, 3.8) is 0 Å². The van der Waals surface area contributed by atoms with E-state index in [4.69, 9.17) is 16.1 Å². The van der Waals surface area contributed by atoms with Crippen LogP contribution in [0, 0.1) is 0 Å². The Kier molecular flexibility index (Phi) is 3.30. The van der Waals surface area contributed by atoms with Crippen molar-refractivity contribution in [3.8, 4) is 0 Å². The van der Waals surface area contributed by atoms with Crippen LogP contribution < -0.4 is 4.90 Å². The summed E-state index contributed by atoms with van der Waals surface area (Å²) in [7, 11) is 0. The Morgan fingerprint density at radius 1 is 1.23 bits per heavy atom. The van der Waals surface area contributed by atoms with Crippen molar-refractivity contribution in [2.45, 2.75) is 18.8 Å². The second-order valence-corrected chi connectivity index (χ2v) is 6.28. The Labute approximate surface area is 133 Å². The number of carbonyl (C=O) groups excluding carboxylic acids is 1. The fourth-order valence-electron chi connectivity index (χ4n) is 2.73. The molecule has 1 saturated carbocycles. The van der Waals surface area contributed by atoms with Gasteiger partial charge in [0, 0.05) is 35.8 Å². The first-order valence-corrected chi connectivity index (χ1v) is 7.85. The number of carbonyl (C=O) groups is 1. The highest BCUT2D eigenvalue weighted by Crippen LogP contribution is 2.40. The van der Waals surface area contributed by atoms with Gasteiger partial charge >= 0.3 is 0 Å². The van der Waals surface area contributed by atoms with E-state index in [1.54, 1.807) is 11.0 Å². The maximum atomic E-state index is 12.5. The Bertz CT molecular complexity index is 694. The molecule has 2 fully saturated rings. The molecule has 2 aliphatic rings. The maximum Gasteiger partial charge on any atom is 0.277 e. The van der Waals surface area contributed by atoms with Gasteiger partial charge in [0.15, 0.2) is 5.69 Å². The fourth-order valence-corrected chi connectivity index (χ4v) is 2.86. The van der Waals surface area contributed by atoms with E-state index in [1.165, 1.54) is 0 Å². The van der Waals surface area contributed by atoms with Crippen molar-refractivity contribution in [1.29, 1.82) is 0 Å². The molecule has 1 aromatic heterocycles. The maximum absolute atomic E-state index is 12.5. The smallest absolute Gasteiger partial charge is 0.277 e. The van der Waals surface area contributed by atoms with Crippen LogP contribution >= 0.6 is 11.6 Å². The van der Waals surface area contributed by atoms with Gasteiger partial charge in [0.1, 0.15) is 5.76 Å². The predicted octanol–water partition coefficient (Wildman–Crippen LogP) is 3.13. The van der Waals surface area contributed by atoms with E-state index in [-0.39, 0.29) is 5.91 Å². The van der Waals surface area contributed by atoms with E-state index in [9.17, 15) is 4.79 Å². The van der Waals surface area contributed by atoms with Crippen LogP contribution in [0.5, 0.6) is 0 Å². The molecule has 1 aromatic carbocycles. The van der Waals surface area contributed by atoms with Crippen molar-refractivity contribution in [2.24, 2.45) is 0 Å². The molecular formula is C16H16ClN3O2. The number of amides is 1. The van der Waals surface area contributed by atoms with Crippen molar-refractivity contribution < 1.29 is 9.32 Å².